The van der Waals surface area contributed by atoms with Crippen LogP contribution in [-0.2, 0) is 13.0 Å². The van der Waals surface area contributed by atoms with Crippen LogP contribution < -0.4 is 5.32 Å². The van der Waals surface area contributed by atoms with Crippen molar-refractivity contribution in [2.75, 3.05) is 18.9 Å². The van der Waals surface area contributed by atoms with Crippen LogP contribution in [0.4, 0.5) is 5.82 Å². The number of piperidine rings is 1. The smallest absolute Gasteiger partial charge is 0.125 e. The molecule has 0 amide bonds. The predicted molar refractivity (Wildman–Crippen MR) is 92.2 cm³/mol. The van der Waals surface area contributed by atoms with E-state index in [0.717, 1.165) is 37.4 Å². The number of anilines is 1. The van der Waals surface area contributed by atoms with E-state index in [0.29, 0.717) is 6.04 Å². The van der Waals surface area contributed by atoms with E-state index in [2.05, 4.69) is 37.3 Å². The molecular weight excluding hydrogens is 286 g/mol. The number of rotatable bonds is 6. The topological polar surface area (TPSA) is 53.9 Å². The van der Waals surface area contributed by atoms with Crippen LogP contribution in [-0.4, -0.2) is 39.5 Å². The monoisotopic (exact) mass is 311 g/mol. The molecule has 122 valence electrons. The number of likely N-dealkylation sites (tertiary alicyclic amines) is 1. The second-order valence-corrected chi connectivity index (χ2v) is 6.12. The van der Waals surface area contributed by atoms with E-state index in [1.165, 1.54) is 25.0 Å². The third kappa shape index (κ3) is 4.48. The molecule has 0 saturated carbocycles. The van der Waals surface area contributed by atoms with E-state index in [-0.39, 0.29) is 0 Å². The van der Waals surface area contributed by atoms with Gasteiger partial charge in [0.2, 0.25) is 0 Å². The Morgan fingerprint density at radius 3 is 3.00 bits per heavy atom. The molecule has 5 heteroatoms. The second kappa shape index (κ2) is 8.02. The summed E-state index contributed by atoms with van der Waals surface area (Å²) in [6, 6.07) is 6.82. The van der Waals surface area contributed by atoms with Crippen molar-refractivity contribution in [2.45, 2.75) is 44.7 Å². The molecule has 0 spiro atoms. The Kier molecular flexibility index (Phi) is 5.53. The highest BCUT2D eigenvalue weighted by atomic mass is 15.2. The molecule has 3 rings (SSSR count). The van der Waals surface area contributed by atoms with Crippen LogP contribution >= 0.6 is 0 Å². The van der Waals surface area contributed by atoms with E-state index >= 15 is 0 Å². The van der Waals surface area contributed by atoms with Gasteiger partial charge in [0.05, 0.1) is 5.69 Å². The minimum atomic E-state index is 0.616. The number of hydrogen-bond donors (Lipinski definition) is 1. The normalized spacial score (nSPS) is 18.7. The summed E-state index contributed by atoms with van der Waals surface area (Å²) >= 11 is 0. The van der Waals surface area contributed by atoms with Crippen molar-refractivity contribution in [3.63, 3.8) is 0 Å². The Balaban J connectivity index is 1.60. The summed E-state index contributed by atoms with van der Waals surface area (Å²) in [5.41, 5.74) is 2.23. The Hall–Kier alpha value is -2.01. The van der Waals surface area contributed by atoms with Gasteiger partial charge in [0.1, 0.15) is 5.82 Å². The summed E-state index contributed by atoms with van der Waals surface area (Å²) in [4.78, 5) is 15.8. The van der Waals surface area contributed by atoms with Gasteiger partial charge in [-0.2, -0.15) is 0 Å². The third-order valence-electron chi connectivity index (χ3n) is 4.53. The fraction of sp³-hybridized carbons (Fsp3) is 0.500. The molecule has 2 aromatic heterocycles. The van der Waals surface area contributed by atoms with Gasteiger partial charge in [0.15, 0.2) is 0 Å². The van der Waals surface area contributed by atoms with Crippen molar-refractivity contribution in [3.8, 4) is 0 Å². The number of pyridine rings is 1. The molecular formula is C18H25N5. The van der Waals surface area contributed by atoms with Gasteiger partial charge in [0, 0.05) is 43.9 Å². The molecule has 3 heterocycles. The molecule has 0 radical (unpaired) electrons. The number of hydrogen-bond acceptors (Lipinski definition) is 5. The lowest BCUT2D eigenvalue weighted by atomic mass is 9.97. The van der Waals surface area contributed by atoms with Gasteiger partial charge in [-0.15, -0.1) is 0 Å². The van der Waals surface area contributed by atoms with Crippen LogP contribution in [0.5, 0.6) is 0 Å². The maximum absolute atomic E-state index is 4.63. The van der Waals surface area contributed by atoms with Crippen LogP contribution in [0.3, 0.4) is 0 Å². The lowest BCUT2D eigenvalue weighted by Crippen LogP contribution is -2.39. The van der Waals surface area contributed by atoms with Crippen LogP contribution in [0.1, 0.15) is 37.1 Å². The van der Waals surface area contributed by atoms with Crippen molar-refractivity contribution in [1.82, 2.24) is 19.9 Å². The van der Waals surface area contributed by atoms with Crippen molar-refractivity contribution in [2.24, 2.45) is 0 Å². The maximum atomic E-state index is 4.63. The standard InChI is InChI=1S/C18H25N5/c1-19-18-7-4-5-15(22-18)8-9-17-6-2-3-12-23(17)14-16-13-20-10-11-21-16/h4-5,7,10-11,13,17H,2-3,6,8-9,12,14H2,1H3,(H,19,22)/t17-/m0/s1. The first-order chi connectivity index (χ1) is 11.3. The predicted octanol–water partition coefficient (Wildman–Crippen LogP) is 2.90. The molecule has 0 unspecified atom stereocenters. The second-order valence-electron chi connectivity index (χ2n) is 6.12. The summed E-state index contributed by atoms with van der Waals surface area (Å²) < 4.78 is 0. The van der Waals surface area contributed by atoms with E-state index in [1.807, 2.05) is 19.3 Å². The minimum Gasteiger partial charge on any atom is -0.373 e. The number of nitrogens with zero attached hydrogens (tertiary/aromatic N) is 4. The maximum Gasteiger partial charge on any atom is 0.125 e. The highest BCUT2D eigenvalue weighted by Crippen LogP contribution is 2.22. The molecule has 1 aliphatic rings. The molecule has 5 nitrogen and oxygen atoms in total. The van der Waals surface area contributed by atoms with Crippen LogP contribution in [0.2, 0.25) is 0 Å². The number of aromatic nitrogens is 3. The molecule has 0 bridgehead atoms. The van der Waals surface area contributed by atoms with Crippen molar-refractivity contribution < 1.29 is 0 Å². The van der Waals surface area contributed by atoms with Gasteiger partial charge in [0.25, 0.3) is 0 Å². The zero-order valence-corrected chi connectivity index (χ0v) is 13.8. The van der Waals surface area contributed by atoms with E-state index in [4.69, 9.17) is 0 Å². The quantitative estimate of drug-likeness (QED) is 0.889. The molecule has 1 fully saturated rings. The molecule has 0 aliphatic carbocycles. The highest BCUT2D eigenvalue weighted by Gasteiger charge is 2.22. The summed E-state index contributed by atoms with van der Waals surface area (Å²) in [5, 5.41) is 3.11. The SMILES string of the molecule is CNc1cccc(CC[C@@H]2CCCCN2Cc2cnccn2)n1. The molecule has 1 atom stereocenters. The summed E-state index contributed by atoms with van der Waals surface area (Å²) in [7, 11) is 1.91. The molecule has 1 aliphatic heterocycles. The van der Waals surface area contributed by atoms with Gasteiger partial charge in [-0.25, -0.2) is 4.98 Å². The lowest BCUT2D eigenvalue weighted by Gasteiger charge is -2.35. The molecule has 0 aromatic carbocycles. The average Bonchev–Trinajstić information content (AvgIpc) is 2.62. The Bertz CT molecular complexity index is 601. The van der Waals surface area contributed by atoms with Crippen molar-refractivity contribution in [1.29, 1.82) is 0 Å². The summed E-state index contributed by atoms with van der Waals surface area (Å²) in [6.45, 7) is 2.06. The van der Waals surface area contributed by atoms with Gasteiger partial charge in [-0.05, 0) is 44.4 Å². The zero-order chi connectivity index (χ0) is 15.9. The van der Waals surface area contributed by atoms with E-state index < -0.39 is 0 Å². The summed E-state index contributed by atoms with van der Waals surface area (Å²) in [6.07, 6.45) is 11.4. The average molecular weight is 311 g/mol. The first-order valence-corrected chi connectivity index (χ1v) is 8.48. The summed E-state index contributed by atoms with van der Waals surface area (Å²) in [5.74, 6) is 0.947. The molecule has 1 N–H and O–H groups in total. The first kappa shape index (κ1) is 15.9. The van der Waals surface area contributed by atoms with Gasteiger partial charge >= 0.3 is 0 Å². The van der Waals surface area contributed by atoms with Gasteiger partial charge in [-0.1, -0.05) is 12.5 Å². The number of nitrogens with one attached hydrogen (secondary N) is 1. The van der Waals surface area contributed by atoms with Crippen molar-refractivity contribution >= 4 is 5.82 Å². The minimum absolute atomic E-state index is 0.616. The Morgan fingerprint density at radius 1 is 1.22 bits per heavy atom. The van der Waals surface area contributed by atoms with Crippen molar-refractivity contribution in [3.05, 3.63) is 48.2 Å². The van der Waals surface area contributed by atoms with Gasteiger partial charge in [-0.3, -0.25) is 14.9 Å². The lowest BCUT2D eigenvalue weighted by molar-refractivity contribution is 0.130. The highest BCUT2D eigenvalue weighted by molar-refractivity contribution is 5.34. The fourth-order valence-electron chi connectivity index (χ4n) is 3.29. The Morgan fingerprint density at radius 2 is 2.17 bits per heavy atom. The molecule has 23 heavy (non-hydrogen) atoms. The third-order valence-corrected chi connectivity index (χ3v) is 4.53. The molecule has 2 aromatic rings. The first-order valence-electron chi connectivity index (χ1n) is 8.48. The van der Waals surface area contributed by atoms with E-state index in [9.17, 15) is 0 Å². The van der Waals surface area contributed by atoms with Crippen LogP contribution in [0.15, 0.2) is 36.8 Å². The Labute approximate surface area is 138 Å². The van der Waals surface area contributed by atoms with Crippen LogP contribution in [0.25, 0.3) is 0 Å². The largest absolute Gasteiger partial charge is 0.373 e. The van der Waals surface area contributed by atoms with E-state index in [1.54, 1.807) is 12.4 Å². The zero-order valence-electron chi connectivity index (χ0n) is 13.8. The van der Waals surface area contributed by atoms with Gasteiger partial charge < -0.3 is 5.32 Å². The molecule has 1 saturated heterocycles. The van der Waals surface area contributed by atoms with Crippen LogP contribution in [0, 0.1) is 0 Å². The number of aryl methyl sites for hydroxylation is 1. The fourth-order valence-corrected chi connectivity index (χ4v) is 3.29.